The molecule has 19 heavy (non-hydrogen) atoms. The summed E-state index contributed by atoms with van der Waals surface area (Å²) in [5.41, 5.74) is 2.44. The summed E-state index contributed by atoms with van der Waals surface area (Å²) in [7, 11) is 0. The highest BCUT2D eigenvalue weighted by atomic mass is 19.1. The lowest BCUT2D eigenvalue weighted by Crippen LogP contribution is -1.86. The van der Waals surface area contributed by atoms with Gasteiger partial charge in [0, 0.05) is 17.7 Å². The van der Waals surface area contributed by atoms with Gasteiger partial charge in [-0.15, -0.1) is 0 Å². The predicted molar refractivity (Wildman–Crippen MR) is 74.1 cm³/mol. The molecule has 0 amide bonds. The molecule has 0 aliphatic rings. The number of fused-ring (bicyclic) bond motifs is 2. The van der Waals surface area contributed by atoms with Crippen LogP contribution in [0.4, 0.5) is 4.39 Å². The second-order valence-electron chi connectivity index (χ2n) is 5.28. The van der Waals surface area contributed by atoms with Crippen LogP contribution in [0.3, 0.4) is 0 Å². The van der Waals surface area contributed by atoms with Crippen molar-refractivity contribution >= 4 is 21.9 Å². The van der Waals surface area contributed by atoms with Crippen LogP contribution < -0.4 is 0 Å². The first-order valence-corrected chi connectivity index (χ1v) is 6.66. The summed E-state index contributed by atoms with van der Waals surface area (Å²) in [5.74, 6) is 1.13. The molecule has 0 radical (unpaired) electrons. The normalized spacial score (nSPS) is 12.1. The fourth-order valence-corrected chi connectivity index (χ4v) is 2.56. The third-order valence-electron chi connectivity index (χ3n) is 3.66. The molecule has 3 aromatic rings. The van der Waals surface area contributed by atoms with Crippen LogP contribution in [0.15, 0.2) is 21.0 Å². The molecule has 1 aromatic carbocycles. The van der Waals surface area contributed by atoms with E-state index in [4.69, 9.17) is 8.83 Å². The summed E-state index contributed by atoms with van der Waals surface area (Å²) in [6.45, 7) is 7.92. The molecule has 2 nitrogen and oxygen atoms in total. The van der Waals surface area contributed by atoms with Crippen LogP contribution in [0.5, 0.6) is 0 Å². The zero-order chi connectivity index (χ0) is 13.7. The van der Waals surface area contributed by atoms with Crippen molar-refractivity contribution in [2.75, 3.05) is 0 Å². The molecule has 2 aromatic heterocycles. The molecule has 0 bridgehead atoms. The third-order valence-corrected chi connectivity index (χ3v) is 3.66. The van der Waals surface area contributed by atoms with Gasteiger partial charge in [-0.2, -0.15) is 0 Å². The zero-order valence-corrected chi connectivity index (χ0v) is 11.6. The molecule has 100 valence electrons. The topological polar surface area (TPSA) is 26.3 Å². The van der Waals surface area contributed by atoms with E-state index in [9.17, 15) is 4.39 Å². The van der Waals surface area contributed by atoms with Crippen molar-refractivity contribution < 1.29 is 13.2 Å². The van der Waals surface area contributed by atoms with E-state index in [0.717, 1.165) is 28.7 Å². The smallest absolute Gasteiger partial charge is 0.172 e. The predicted octanol–water partition coefficient (Wildman–Crippen LogP) is 5.31. The number of benzene rings is 1. The molecule has 0 saturated heterocycles. The number of aryl methyl sites for hydroxylation is 2. The van der Waals surface area contributed by atoms with Gasteiger partial charge >= 0.3 is 0 Å². The van der Waals surface area contributed by atoms with Crippen molar-refractivity contribution in [3.63, 3.8) is 0 Å². The van der Waals surface area contributed by atoms with Gasteiger partial charge in [-0.05, 0) is 24.6 Å². The summed E-state index contributed by atoms with van der Waals surface area (Å²) in [4.78, 5) is 0. The van der Waals surface area contributed by atoms with Gasteiger partial charge in [-0.25, -0.2) is 4.39 Å². The lowest BCUT2D eigenvalue weighted by Gasteiger charge is -1.97. The second kappa shape index (κ2) is 4.12. The van der Waals surface area contributed by atoms with E-state index in [1.54, 1.807) is 6.07 Å². The Bertz CT molecular complexity index is 762. The molecule has 2 heterocycles. The zero-order valence-electron chi connectivity index (χ0n) is 11.6. The Morgan fingerprint density at radius 1 is 1.11 bits per heavy atom. The van der Waals surface area contributed by atoms with E-state index < -0.39 is 0 Å². The van der Waals surface area contributed by atoms with Gasteiger partial charge in [-0.3, -0.25) is 0 Å². The average molecular weight is 260 g/mol. The molecule has 0 N–H and O–H groups in total. The van der Waals surface area contributed by atoms with Crippen molar-refractivity contribution in [3.05, 3.63) is 35.0 Å². The third kappa shape index (κ3) is 1.68. The Morgan fingerprint density at radius 2 is 1.74 bits per heavy atom. The van der Waals surface area contributed by atoms with E-state index in [2.05, 4.69) is 0 Å². The van der Waals surface area contributed by atoms with Crippen LogP contribution in [-0.4, -0.2) is 0 Å². The Balaban J connectivity index is 2.36. The Kier molecular flexibility index (Phi) is 2.66. The van der Waals surface area contributed by atoms with Crippen LogP contribution >= 0.6 is 0 Å². The molecular weight excluding hydrogens is 243 g/mol. The minimum absolute atomic E-state index is 0.0333. The summed E-state index contributed by atoms with van der Waals surface area (Å²) < 4.78 is 25.7. The van der Waals surface area contributed by atoms with Gasteiger partial charge in [0.05, 0.1) is 5.39 Å². The molecule has 3 rings (SSSR count). The molecule has 0 saturated carbocycles. The lowest BCUT2D eigenvalue weighted by atomic mass is 10.1. The molecule has 0 atom stereocenters. The van der Waals surface area contributed by atoms with E-state index >= 15 is 0 Å². The monoisotopic (exact) mass is 260 g/mol. The number of halogens is 1. The van der Waals surface area contributed by atoms with Crippen LogP contribution in [0.1, 0.15) is 43.8 Å². The fraction of sp³-hybridized carbons (Fsp3) is 0.375. The minimum Gasteiger partial charge on any atom is -0.461 e. The van der Waals surface area contributed by atoms with Gasteiger partial charge in [0.15, 0.2) is 5.82 Å². The number of hydrogen-bond acceptors (Lipinski definition) is 2. The standard InChI is InChI=1S/C16H17FO2/c1-5-12-9(4)10-6-14-11(7-13(10)18-12)15(17)16(19-14)8(2)3/h6-8H,5H2,1-4H3. The first-order valence-electron chi connectivity index (χ1n) is 6.66. The first kappa shape index (κ1) is 12.3. The average Bonchev–Trinajstić information content (AvgIpc) is 2.87. The number of hydrogen-bond donors (Lipinski definition) is 0. The maximum atomic E-state index is 14.3. The Labute approximate surface area is 111 Å². The van der Waals surface area contributed by atoms with Crippen molar-refractivity contribution in [2.45, 2.75) is 40.0 Å². The molecule has 0 spiro atoms. The first-order chi connectivity index (χ1) is 9.02. The van der Waals surface area contributed by atoms with Crippen LogP contribution in [0.25, 0.3) is 21.9 Å². The fourth-order valence-electron chi connectivity index (χ4n) is 2.56. The van der Waals surface area contributed by atoms with Crippen LogP contribution in [-0.2, 0) is 6.42 Å². The maximum Gasteiger partial charge on any atom is 0.172 e. The van der Waals surface area contributed by atoms with Gasteiger partial charge in [0.2, 0.25) is 0 Å². The lowest BCUT2D eigenvalue weighted by molar-refractivity contribution is 0.474. The Morgan fingerprint density at radius 3 is 2.37 bits per heavy atom. The minimum atomic E-state index is -0.265. The summed E-state index contributed by atoms with van der Waals surface area (Å²) in [6, 6.07) is 3.64. The van der Waals surface area contributed by atoms with Crippen molar-refractivity contribution in [3.8, 4) is 0 Å². The molecule has 0 aliphatic heterocycles. The van der Waals surface area contributed by atoms with Gasteiger partial charge in [0.25, 0.3) is 0 Å². The quantitative estimate of drug-likeness (QED) is 0.624. The van der Waals surface area contributed by atoms with Crippen molar-refractivity contribution in [2.24, 2.45) is 0 Å². The van der Waals surface area contributed by atoms with E-state index in [-0.39, 0.29) is 11.7 Å². The molecule has 0 unspecified atom stereocenters. The molecule has 3 heteroatoms. The molecular formula is C16H17FO2. The van der Waals surface area contributed by atoms with E-state index in [1.165, 1.54) is 0 Å². The Hall–Kier alpha value is -1.77. The van der Waals surface area contributed by atoms with Crippen molar-refractivity contribution in [1.82, 2.24) is 0 Å². The van der Waals surface area contributed by atoms with Gasteiger partial charge in [-0.1, -0.05) is 20.8 Å². The van der Waals surface area contributed by atoms with Gasteiger partial charge < -0.3 is 8.83 Å². The number of rotatable bonds is 2. The molecule has 0 fully saturated rings. The highest BCUT2D eigenvalue weighted by Crippen LogP contribution is 2.35. The van der Waals surface area contributed by atoms with Crippen LogP contribution in [0, 0.1) is 12.7 Å². The van der Waals surface area contributed by atoms with E-state index in [1.807, 2.05) is 33.8 Å². The highest BCUT2D eigenvalue weighted by Gasteiger charge is 2.19. The van der Waals surface area contributed by atoms with Gasteiger partial charge in [0.1, 0.15) is 22.7 Å². The maximum absolute atomic E-state index is 14.3. The molecule has 0 aliphatic carbocycles. The highest BCUT2D eigenvalue weighted by molar-refractivity contribution is 5.96. The van der Waals surface area contributed by atoms with Crippen LogP contribution in [0.2, 0.25) is 0 Å². The largest absolute Gasteiger partial charge is 0.461 e. The second-order valence-corrected chi connectivity index (χ2v) is 5.28. The van der Waals surface area contributed by atoms with Crippen molar-refractivity contribution in [1.29, 1.82) is 0 Å². The summed E-state index contributed by atoms with van der Waals surface area (Å²) >= 11 is 0. The van der Waals surface area contributed by atoms with E-state index in [0.29, 0.717) is 16.7 Å². The summed E-state index contributed by atoms with van der Waals surface area (Å²) in [5, 5.41) is 1.51. The SMILES string of the molecule is CCc1oc2cc3c(F)c(C(C)C)oc3cc2c1C. The summed E-state index contributed by atoms with van der Waals surface area (Å²) in [6.07, 6.45) is 0.835. The number of furan rings is 2.